The van der Waals surface area contributed by atoms with Gasteiger partial charge in [-0.25, -0.2) is 4.39 Å². The van der Waals surface area contributed by atoms with Crippen LogP contribution in [0, 0.1) is 0 Å². The van der Waals surface area contributed by atoms with Gasteiger partial charge in [-0.05, 0) is 63.1 Å². The molecule has 0 bridgehead atoms. The van der Waals surface area contributed by atoms with Crippen LogP contribution in [0.15, 0.2) is 36.4 Å². The molecule has 4 aliphatic rings. The number of fused-ring (bicyclic) bond motifs is 3. The van der Waals surface area contributed by atoms with Gasteiger partial charge in [0.25, 0.3) is 0 Å². The Kier molecular flexibility index (Phi) is 6.56. The van der Waals surface area contributed by atoms with Crippen LogP contribution in [0.4, 0.5) is 15.9 Å². The number of piperidine rings is 1. The van der Waals surface area contributed by atoms with Gasteiger partial charge in [0, 0.05) is 49.2 Å². The Morgan fingerprint density at radius 1 is 1.07 bits per heavy atom. The van der Waals surface area contributed by atoms with Crippen LogP contribution in [-0.2, 0) is 13.0 Å². The first kappa shape index (κ1) is 26.2. The van der Waals surface area contributed by atoms with E-state index in [1.54, 1.807) is 0 Å². The Morgan fingerprint density at radius 3 is 2.75 bits per heavy atom. The topological polar surface area (TPSA) is 65.0 Å². The highest BCUT2D eigenvalue weighted by atomic mass is 35.5. The molecule has 1 N–H and O–H groups in total. The maximum Gasteiger partial charge on any atom is 0.318 e. The molecule has 2 aromatic carbocycles. The molecule has 5 heterocycles. The van der Waals surface area contributed by atoms with E-state index in [1.165, 1.54) is 0 Å². The van der Waals surface area contributed by atoms with E-state index in [9.17, 15) is 9.50 Å². The third-order valence-corrected chi connectivity index (χ3v) is 9.72. The van der Waals surface area contributed by atoms with Crippen LogP contribution in [-0.4, -0.2) is 76.6 Å². The number of rotatable bonds is 5. The number of ether oxygens (including phenoxy) is 1. The zero-order valence-electron chi connectivity index (χ0n) is 23.1. The van der Waals surface area contributed by atoms with Crippen molar-refractivity contribution in [2.75, 3.05) is 49.1 Å². The van der Waals surface area contributed by atoms with Crippen LogP contribution < -0.4 is 14.5 Å². The van der Waals surface area contributed by atoms with Gasteiger partial charge < -0.3 is 19.6 Å². The van der Waals surface area contributed by atoms with E-state index in [0.717, 1.165) is 90.3 Å². The van der Waals surface area contributed by atoms with Crippen LogP contribution in [0.2, 0.25) is 5.02 Å². The summed E-state index contributed by atoms with van der Waals surface area (Å²) >= 11 is 6.68. The predicted molar refractivity (Wildman–Crippen MR) is 156 cm³/mol. The van der Waals surface area contributed by atoms with Gasteiger partial charge in [0.05, 0.1) is 28.4 Å². The average Bonchev–Trinajstić information content (AvgIpc) is 3.46. The van der Waals surface area contributed by atoms with Gasteiger partial charge in [-0.3, -0.25) is 4.90 Å². The lowest BCUT2D eigenvalue weighted by molar-refractivity contribution is 0.0445. The van der Waals surface area contributed by atoms with E-state index in [0.29, 0.717) is 38.7 Å². The van der Waals surface area contributed by atoms with E-state index in [-0.39, 0.29) is 5.54 Å². The molecule has 1 aromatic heterocycles. The van der Waals surface area contributed by atoms with Gasteiger partial charge in [-0.1, -0.05) is 35.9 Å². The van der Waals surface area contributed by atoms with Crippen molar-refractivity contribution in [2.45, 2.75) is 69.3 Å². The summed E-state index contributed by atoms with van der Waals surface area (Å²) in [6, 6.07) is 12.7. The van der Waals surface area contributed by atoms with Crippen molar-refractivity contribution < 1.29 is 14.2 Å². The molecule has 40 heavy (non-hydrogen) atoms. The summed E-state index contributed by atoms with van der Waals surface area (Å²) in [5.41, 5.74) is 2.13. The number of aromatic nitrogens is 2. The molecule has 0 unspecified atom stereocenters. The molecule has 0 amide bonds. The van der Waals surface area contributed by atoms with Crippen LogP contribution in [0.5, 0.6) is 6.01 Å². The standard InChI is InChI=1S/C31H37ClFN5O2/c1-30(39)11-4-13-37(19-30)28-23-10-15-36(26-9-3-7-21-6-2-8-24(32)27(21)26)18-25(23)34-29(35-28)40-20-31-12-5-14-38(31)17-22(33)16-31/h2-3,6-9,22,39H,4-5,10-20H2,1H3/t22-,30-,31+/m1/s1. The second-order valence-electron chi connectivity index (χ2n) is 12.4. The number of hydrogen-bond donors (Lipinski definition) is 1. The Balaban J connectivity index is 1.24. The fraction of sp³-hybridized carbons (Fsp3) is 0.548. The SMILES string of the molecule is C[C@@]1(O)CCCN(c2nc(OC[C@@]34CCCN3C[C@H](F)C4)nc3c2CCN(c2cccc4cccc(Cl)c24)C3)C1. The number of hydrogen-bond acceptors (Lipinski definition) is 7. The summed E-state index contributed by atoms with van der Waals surface area (Å²) in [5.74, 6) is 0.867. The van der Waals surface area contributed by atoms with Gasteiger partial charge >= 0.3 is 6.01 Å². The first-order valence-electron chi connectivity index (χ1n) is 14.6. The molecule has 4 aliphatic heterocycles. The molecule has 9 heteroatoms. The quantitative estimate of drug-likeness (QED) is 0.459. The fourth-order valence-corrected chi connectivity index (χ4v) is 7.79. The minimum absolute atomic E-state index is 0.265. The maximum atomic E-state index is 14.4. The zero-order valence-corrected chi connectivity index (χ0v) is 23.8. The second-order valence-corrected chi connectivity index (χ2v) is 12.8. The van der Waals surface area contributed by atoms with Crippen molar-refractivity contribution in [3.8, 4) is 6.01 Å². The lowest BCUT2D eigenvalue weighted by Crippen LogP contribution is -2.47. The van der Waals surface area contributed by atoms with Crippen molar-refractivity contribution in [1.82, 2.24) is 14.9 Å². The zero-order chi connectivity index (χ0) is 27.5. The number of aliphatic hydroxyl groups is 1. The van der Waals surface area contributed by atoms with Crippen LogP contribution in [0.1, 0.15) is 50.3 Å². The number of anilines is 2. The summed E-state index contributed by atoms with van der Waals surface area (Å²) < 4.78 is 20.8. The summed E-state index contributed by atoms with van der Waals surface area (Å²) in [6.45, 7) is 6.50. The first-order chi connectivity index (χ1) is 19.3. The molecule has 0 saturated carbocycles. The normalized spacial score (nSPS) is 28.6. The molecule has 3 fully saturated rings. The monoisotopic (exact) mass is 565 g/mol. The number of β-amino-alcohol motifs (C(OH)–C–C–N with tert-alkyl or cyclic N) is 1. The number of nitrogens with zero attached hydrogens (tertiary/aromatic N) is 5. The maximum absolute atomic E-state index is 14.4. The van der Waals surface area contributed by atoms with Crippen molar-refractivity contribution in [3.05, 3.63) is 52.7 Å². The van der Waals surface area contributed by atoms with Crippen molar-refractivity contribution in [3.63, 3.8) is 0 Å². The van der Waals surface area contributed by atoms with E-state index < -0.39 is 11.8 Å². The molecule has 3 saturated heterocycles. The molecule has 7 rings (SSSR count). The number of benzene rings is 2. The molecule has 7 nitrogen and oxygen atoms in total. The second kappa shape index (κ2) is 10.00. The summed E-state index contributed by atoms with van der Waals surface area (Å²) in [6.07, 6.45) is 4.17. The minimum Gasteiger partial charge on any atom is -0.461 e. The molecule has 0 aliphatic carbocycles. The first-order valence-corrected chi connectivity index (χ1v) is 15.0. The van der Waals surface area contributed by atoms with Gasteiger partial charge in [0.1, 0.15) is 18.6 Å². The Morgan fingerprint density at radius 2 is 1.90 bits per heavy atom. The van der Waals surface area contributed by atoms with E-state index in [2.05, 4.69) is 39.0 Å². The highest BCUT2D eigenvalue weighted by molar-refractivity contribution is 6.36. The van der Waals surface area contributed by atoms with Gasteiger partial charge in [0.15, 0.2) is 0 Å². The molecule has 0 radical (unpaired) electrons. The highest BCUT2D eigenvalue weighted by Crippen LogP contribution is 2.41. The van der Waals surface area contributed by atoms with E-state index >= 15 is 0 Å². The third kappa shape index (κ3) is 4.68. The third-order valence-electron chi connectivity index (χ3n) is 9.40. The Labute approximate surface area is 239 Å². The van der Waals surface area contributed by atoms with Gasteiger partial charge in [0.2, 0.25) is 0 Å². The van der Waals surface area contributed by atoms with Crippen molar-refractivity contribution in [2.24, 2.45) is 0 Å². The molecular formula is C31H37ClFN5O2. The minimum atomic E-state index is -0.805. The summed E-state index contributed by atoms with van der Waals surface area (Å²) in [4.78, 5) is 16.7. The molecule has 3 atom stereocenters. The van der Waals surface area contributed by atoms with E-state index in [4.69, 9.17) is 26.3 Å². The van der Waals surface area contributed by atoms with Crippen LogP contribution >= 0.6 is 11.6 Å². The lowest BCUT2D eigenvalue weighted by atomic mass is 9.94. The smallest absolute Gasteiger partial charge is 0.318 e. The highest BCUT2D eigenvalue weighted by Gasteiger charge is 2.49. The molecule has 212 valence electrons. The van der Waals surface area contributed by atoms with Crippen LogP contribution in [0.3, 0.4) is 0 Å². The Bertz CT molecular complexity index is 1430. The van der Waals surface area contributed by atoms with Gasteiger partial charge in [-0.15, -0.1) is 0 Å². The van der Waals surface area contributed by atoms with Gasteiger partial charge in [-0.2, -0.15) is 9.97 Å². The summed E-state index contributed by atoms with van der Waals surface area (Å²) in [5, 5.41) is 13.8. The van der Waals surface area contributed by atoms with Crippen LogP contribution in [0.25, 0.3) is 10.8 Å². The van der Waals surface area contributed by atoms with Crippen molar-refractivity contribution in [1.29, 1.82) is 0 Å². The largest absolute Gasteiger partial charge is 0.461 e. The predicted octanol–water partition coefficient (Wildman–Crippen LogP) is 5.15. The summed E-state index contributed by atoms with van der Waals surface area (Å²) in [7, 11) is 0. The Hall–Kier alpha value is -2.68. The number of halogens is 2. The lowest BCUT2D eigenvalue weighted by Gasteiger charge is -2.40. The van der Waals surface area contributed by atoms with E-state index in [1.807, 2.05) is 19.1 Å². The molecule has 3 aromatic rings. The average molecular weight is 566 g/mol. The fourth-order valence-electron chi connectivity index (χ4n) is 7.51. The molecular weight excluding hydrogens is 529 g/mol. The number of alkyl halides is 1. The van der Waals surface area contributed by atoms with Crippen molar-refractivity contribution >= 4 is 33.9 Å². The molecule has 0 spiro atoms.